The van der Waals surface area contributed by atoms with Crippen molar-refractivity contribution in [3.05, 3.63) is 29.8 Å². The van der Waals surface area contributed by atoms with Gasteiger partial charge in [-0.15, -0.1) is 0 Å². The Kier molecular flexibility index (Phi) is 3.92. The summed E-state index contributed by atoms with van der Waals surface area (Å²) in [5.74, 6) is 0. The molecule has 1 rings (SSSR count). The normalized spacial score (nSPS) is 11.6. The molecular weight excluding hydrogens is 224 g/mol. The summed E-state index contributed by atoms with van der Waals surface area (Å²) in [6.07, 6.45) is 0. The van der Waals surface area contributed by atoms with Gasteiger partial charge in [0.05, 0.1) is 11.5 Å². The Morgan fingerprint density at radius 2 is 2.00 bits per heavy atom. The van der Waals surface area contributed by atoms with E-state index in [4.69, 9.17) is 15.4 Å². The van der Waals surface area contributed by atoms with E-state index >= 15 is 0 Å². The highest BCUT2D eigenvalue weighted by Gasteiger charge is 2.14. The second-order valence-corrected chi connectivity index (χ2v) is 5.22. The van der Waals surface area contributed by atoms with Gasteiger partial charge in [-0.2, -0.15) is 0 Å². The summed E-state index contributed by atoms with van der Waals surface area (Å²) in [7, 11) is 1.59. The molecule has 78 valence electrons. The Bertz CT molecular complexity index is 400. The van der Waals surface area contributed by atoms with Crippen molar-refractivity contribution in [1.82, 2.24) is 0 Å². The van der Waals surface area contributed by atoms with Crippen LogP contribution in [0.4, 0.5) is 0 Å². The molecule has 0 aliphatic carbocycles. The van der Waals surface area contributed by atoms with Crippen molar-refractivity contribution in [1.29, 1.82) is 0 Å². The lowest BCUT2D eigenvalue weighted by molar-refractivity contribution is 0.132. The average Bonchev–Trinajstić information content (AvgIpc) is 2.14. The molecule has 0 amide bonds. The maximum atomic E-state index is 11.1. The highest BCUT2D eigenvalue weighted by atomic mass is 35.7. The Hall–Kier alpha value is -0.580. The molecular formula is C9H11ClO3S. The van der Waals surface area contributed by atoms with Gasteiger partial charge in [-0.25, -0.2) is 8.42 Å². The molecule has 14 heavy (non-hydrogen) atoms. The van der Waals surface area contributed by atoms with E-state index in [1.165, 1.54) is 6.07 Å². The number of benzene rings is 1. The van der Waals surface area contributed by atoms with Crippen LogP contribution < -0.4 is 0 Å². The van der Waals surface area contributed by atoms with Crippen molar-refractivity contribution in [2.24, 2.45) is 0 Å². The van der Waals surface area contributed by atoms with Gasteiger partial charge in [-0.3, -0.25) is 0 Å². The third kappa shape index (κ3) is 2.97. The molecule has 1 aromatic carbocycles. The van der Waals surface area contributed by atoms with E-state index in [2.05, 4.69) is 0 Å². The van der Waals surface area contributed by atoms with Gasteiger partial charge < -0.3 is 4.74 Å². The number of hydrogen-bond acceptors (Lipinski definition) is 3. The smallest absolute Gasteiger partial charge is 0.261 e. The van der Waals surface area contributed by atoms with Crippen molar-refractivity contribution >= 4 is 19.7 Å². The molecule has 0 atom stereocenters. The maximum absolute atomic E-state index is 11.1. The molecule has 1 aromatic rings. The van der Waals surface area contributed by atoms with Crippen molar-refractivity contribution in [2.75, 3.05) is 6.61 Å². The summed E-state index contributed by atoms with van der Waals surface area (Å²) in [5, 5.41) is 0. The van der Waals surface area contributed by atoms with Crippen LogP contribution in [0.1, 0.15) is 12.5 Å². The van der Waals surface area contributed by atoms with E-state index in [-0.39, 0.29) is 11.5 Å². The van der Waals surface area contributed by atoms with Gasteiger partial charge >= 0.3 is 0 Å². The van der Waals surface area contributed by atoms with E-state index in [1.54, 1.807) is 18.2 Å². The van der Waals surface area contributed by atoms with Crippen LogP contribution in [0.3, 0.4) is 0 Å². The largest absolute Gasteiger partial charge is 0.377 e. The highest BCUT2D eigenvalue weighted by Crippen LogP contribution is 2.20. The molecule has 3 nitrogen and oxygen atoms in total. The summed E-state index contributed by atoms with van der Waals surface area (Å²) in [5.41, 5.74) is 0.587. The zero-order valence-electron chi connectivity index (χ0n) is 7.73. The molecule has 0 saturated carbocycles. The summed E-state index contributed by atoms with van der Waals surface area (Å²) >= 11 is 0. The zero-order valence-corrected chi connectivity index (χ0v) is 9.31. The minimum Gasteiger partial charge on any atom is -0.377 e. The number of ether oxygens (including phenoxy) is 1. The standard InChI is InChI=1S/C9H11ClO3S/c1-2-13-7-8-5-3-4-6-9(8)14(10,11)12/h3-6H,2,7H2,1H3. The van der Waals surface area contributed by atoms with Gasteiger partial charge in [0.25, 0.3) is 9.05 Å². The topological polar surface area (TPSA) is 43.4 Å². The van der Waals surface area contributed by atoms with Crippen molar-refractivity contribution in [3.8, 4) is 0 Å². The predicted molar refractivity (Wildman–Crippen MR) is 54.8 cm³/mol. The minimum absolute atomic E-state index is 0.120. The van der Waals surface area contributed by atoms with Gasteiger partial charge in [-0.05, 0) is 18.6 Å². The highest BCUT2D eigenvalue weighted by molar-refractivity contribution is 8.13. The van der Waals surface area contributed by atoms with Gasteiger partial charge in [-0.1, -0.05) is 18.2 Å². The maximum Gasteiger partial charge on any atom is 0.261 e. The van der Waals surface area contributed by atoms with Crippen LogP contribution in [0, 0.1) is 0 Å². The lowest BCUT2D eigenvalue weighted by Crippen LogP contribution is -2.00. The quantitative estimate of drug-likeness (QED) is 0.750. The van der Waals surface area contributed by atoms with E-state index < -0.39 is 9.05 Å². The van der Waals surface area contributed by atoms with Crippen LogP contribution in [0.5, 0.6) is 0 Å². The predicted octanol–water partition coefficient (Wildman–Crippen LogP) is 2.15. The molecule has 0 N–H and O–H groups in total. The Morgan fingerprint density at radius 3 is 2.57 bits per heavy atom. The van der Waals surface area contributed by atoms with E-state index in [1.807, 2.05) is 6.92 Å². The minimum atomic E-state index is -3.67. The van der Waals surface area contributed by atoms with Crippen LogP contribution in [-0.4, -0.2) is 15.0 Å². The summed E-state index contributed by atoms with van der Waals surface area (Å²) in [4.78, 5) is 0.120. The molecule has 0 aliphatic heterocycles. The van der Waals surface area contributed by atoms with Crippen LogP contribution in [0.25, 0.3) is 0 Å². The monoisotopic (exact) mass is 234 g/mol. The molecule has 0 spiro atoms. The van der Waals surface area contributed by atoms with Gasteiger partial charge in [0.1, 0.15) is 0 Å². The number of hydrogen-bond donors (Lipinski definition) is 0. The first-order chi connectivity index (χ1) is 6.55. The summed E-state index contributed by atoms with van der Waals surface area (Å²) in [6.45, 7) is 2.65. The second-order valence-electron chi connectivity index (χ2n) is 2.68. The van der Waals surface area contributed by atoms with E-state index in [9.17, 15) is 8.42 Å². The molecule has 0 unspecified atom stereocenters. The molecule has 5 heteroatoms. The third-order valence-electron chi connectivity index (χ3n) is 1.70. The average molecular weight is 235 g/mol. The van der Waals surface area contributed by atoms with Gasteiger partial charge in [0, 0.05) is 17.3 Å². The first-order valence-corrected chi connectivity index (χ1v) is 6.47. The fourth-order valence-corrected chi connectivity index (χ4v) is 2.21. The van der Waals surface area contributed by atoms with Crippen LogP contribution in [-0.2, 0) is 20.4 Å². The van der Waals surface area contributed by atoms with Crippen molar-refractivity contribution in [2.45, 2.75) is 18.4 Å². The third-order valence-corrected chi connectivity index (χ3v) is 3.12. The molecule has 0 aromatic heterocycles. The molecule has 0 saturated heterocycles. The number of halogens is 1. The van der Waals surface area contributed by atoms with Crippen molar-refractivity contribution in [3.63, 3.8) is 0 Å². The van der Waals surface area contributed by atoms with Crippen molar-refractivity contribution < 1.29 is 13.2 Å². The fourth-order valence-electron chi connectivity index (χ4n) is 1.07. The van der Waals surface area contributed by atoms with Gasteiger partial charge in [0.15, 0.2) is 0 Å². The Labute approximate surface area is 88.1 Å². The molecule has 0 fully saturated rings. The SMILES string of the molecule is CCOCc1ccccc1S(=O)(=O)Cl. The molecule has 0 aliphatic rings. The molecule has 0 heterocycles. The Balaban J connectivity index is 3.04. The van der Waals surface area contributed by atoms with Gasteiger partial charge in [0.2, 0.25) is 0 Å². The first-order valence-electron chi connectivity index (χ1n) is 4.16. The molecule has 0 radical (unpaired) electrons. The summed E-state index contributed by atoms with van der Waals surface area (Å²) in [6, 6.07) is 6.53. The van der Waals surface area contributed by atoms with Crippen LogP contribution >= 0.6 is 10.7 Å². The Morgan fingerprint density at radius 1 is 1.36 bits per heavy atom. The zero-order chi connectivity index (χ0) is 10.6. The van der Waals surface area contributed by atoms with E-state index in [0.29, 0.717) is 12.2 Å². The number of rotatable bonds is 4. The first kappa shape index (κ1) is 11.5. The lowest BCUT2D eigenvalue weighted by atomic mass is 10.2. The fraction of sp³-hybridized carbons (Fsp3) is 0.333. The van der Waals surface area contributed by atoms with Crippen LogP contribution in [0.15, 0.2) is 29.2 Å². The second kappa shape index (κ2) is 4.77. The molecule has 0 bridgehead atoms. The summed E-state index contributed by atoms with van der Waals surface area (Å²) < 4.78 is 27.4. The lowest BCUT2D eigenvalue weighted by Gasteiger charge is -2.05. The van der Waals surface area contributed by atoms with E-state index in [0.717, 1.165) is 0 Å². The van der Waals surface area contributed by atoms with Crippen LogP contribution in [0.2, 0.25) is 0 Å².